The van der Waals surface area contributed by atoms with Crippen LogP contribution in [0.3, 0.4) is 0 Å². The van der Waals surface area contributed by atoms with Crippen LogP contribution in [-0.4, -0.2) is 48.1 Å². The van der Waals surface area contributed by atoms with E-state index in [0.29, 0.717) is 29.2 Å². The van der Waals surface area contributed by atoms with Gasteiger partial charge in [-0.15, -0.1) is 5.10 Å². The maximum Gasteiger partial charge on any atom is 0.325 e. The first-order valence-electron chi connectivity index (χ1n) is 11.9. The summed E-state index contributed by atoms with van der Waals surface area (Å²) in [7, 11) is 0. The number of rotatable bonds is 8. The van der Waals surface area contributed by atoms with Crippen molar-refractivity contribution in [3.63, 3.8) is 0 Å². The summed E-state index contributed by atoms with van der Waals surface area (Å²) in [5, 5.41) is 20.8. The molecule has 0 unspecified atom stereocenters. The van der Waals surface area contributed by atoms with Crippen molar-refractivity contribution in [1.82, 2.24) is 29.9 Å². The zero-order valence-corrected chi connectivity index (χ0v) is 21.3. The van der Waals surface area contributed by atoms with E-state index in [1.807, 2.05) is 24.3 Å². The summed E-state index contributed by atoms with van der Waals surface area (Å²) in [6.45, 7) is 7.84. The predicted molar refractivity (Wildman–Crippen MR) is 138 cm³/mol. The molecule has 0 atom stereocenters. The molecule has 0 saturated heterocycles. The van der Waals surface area contributed by atoms with Gasteiger partial charge in [0, 0.05) is 11.3 Å². The first-order chi connectivity index (χ1) is 17.7. The lowest BCUT2D eigenvalue weighted by atomic mass is 10.1. The summed E-state index contributed by atoms with van der Waals surface area (Å²) in [5.74, 6) is -0.199. The molecule has 0 aliphatic carbocycles. The number of benzene rings is 1. The first kappa shape index (κ1) is 25.4. The number of pyridine rings is 1. The number of nitrogens with one attached hydrogen (secondary N) is 1. The highest BCUT2D eigenvalue weighted by Gasteiger charge is 2.17. The molecule has 0 aliphatic rings. The fourth-order valence-electron chi connectivity index (χ4n) is 3.56. The molecule has 3 heterocycles. The molecule has 0 amide bonds. The number of carbonyl (C=O) groups is 1. The summed E-state index contributed by atoms with van der Waals surface area (Å²) in [5.41, 5.74) is 4.15. The second-order valence-corrected chi connectivity index (χ2v) is 9.37. The SMILES string of the molecule is CCc1cccc(Cn2cc(-c3cc(-c4cccc(C#N)c4)nc(NCC(=O)OC(C)(C)C)n3)nn2)n1. The Hall–Kier alpha value is -4.65. The molecule has 3 aromatic heterocycles. The number of esters is 1. The van der Waals surface area contributed by atoms with Crippen LogP contribution in [0.1, 0.15) is 44.6 Å². The molecule has 0 radical (unpaired) electrons. The van der Waals surface area contributed by atoms with E-state index in [0.717, 1.165) is 23.4 Å². The van der Waals surface area contributed by atoms with Gasteiger partial charge in [-0.3, -0.25) is 9.78 Å². The number of anilines is 1. The molecule has 188 valence electrons. The Kier molecular flexibility index (Phi) is 7.53. The highest BCUT2D eigenvalue weighted by Crippen LogP contribution is 2.25. The van der Waals surface area contributed by atoms with Crippen molar-refractivity contribution in [3.05, 3.63) is 71.7 Å². The maximum atomic E-state index is 12.2. The van der Waals surface area contributed by atoms with E-state index in [1.54, 1.807) is 55.9 Å². The lowest BCUT2D eigenvalue weighted by Crippen LogP contribution is -2.28. The minimum atomic E-state index is -0.603. The third-order valence-electron chi connectivity index (χ3n) is 5.18. The fourth-order valence-corrected chi connectivity index (χ4v) is 3.56. The van der Waals surface area contributed by atoms with Gasteiger partial charge < -0.3 is 10.1 Å². The molecule has 10 nitrogen and oxygen atoms in total. The third-order valence-corrected chi connectivity index (χ3v) is 5.18. The standard InChI is InChI=1S/C27H28N8O2/c1-5-20-10-7-11-21(30-20)16-35-17-24(33-34-35)23-13-22(19-9-6-8-18(12-19)14-28)31-26(32-23)29-15-25(36)37-27(2,3)4/h6-13,17H,5,15-16H2,1-4H3,(H,29,31,32). The molecular formula is C27H28N8O2. The average Bonchev–Trinajstić information content (AvgIpc) is 3.35. The lowest BCUT2D eigenvalue weighted by molar-refractivity contribution is -0.152. The summed E-state index contributed by atoms with van der Waals surface area (Å²) in [6.07, 6.45) is 2.64. The van der Waals surface area contributed by atoms with Crippen LogP contribution in [0, 0.1) is 11.3 Å². The topological polar surface area (TPSA) is 132 Å². The summed E-state index contributed by atoms with van der Waals surface area (Å²) < 4.78 is 7.07. The highest BCUT2D eigenvalue weighted by molar-refractivity contribution is 5.75. The minimum absolute atomic E-state index is 0.107. The molecule has 0 bridgehead atoms. The molecule has 10 heteroatoms. The van der Waals surface area contributed by atoms with Crippen LogP contribution in [0.5, 0.6) is 0 Å². The number of carbonyl (C=O) groups excluding carboxylic acids is 1. The van der Waals surface area contributed by atoms with Crippen LogP contribution in [0.25, 0.3) is 22.6 Å². The Morgan fingerprint density at radius 1 is 1.03 bits per heavy atom. The molecule has 0 spiro atoms. The van der Waals surface area contributed by atoms with Crippen LogP contribution >= 0.6 is 0 Å². The van der Waals surface area contributed by atoms with E-state index in [4.69, 9.17) is 4.74 Å². The van der Waals surface area contributed by atoms with Gasteiger partial charge >= 0.3 is 5.97 Å². The largest absolute Gasteiger partial charge is 0.459 e. The molecule has 0 saturated carbocycles. The van der Waals surface area contributed by atoms with Crippen molar-refractivity contribution in [2.24, 2.45) is 0 Å². The van der Waals surface area contributed by atoms with Crippen molar-refractivity contribution < 1.29 is 9.53 Å². The lowest BCUT2D eigenvalue weighted by Gasteiger charge is -2.19. The Labute approximate surface area is 215 Å². The van der Waals surface area contributed by atoms with Gasteiger partial charge in [0.25, 0.3) is 0 Å². The molecule has 37 heavy (non-hydrogen) atoms. The second kappa shape index (κ2) is 11.0. The zero-order chi connectivity index (χ0) is 26.4. The van der Waals surface area contributed by atoms with Crippen molar-refractivity contribution >= 4 is 11.9 Å². The summed E-state index contributed by atoms with van der Waals surface area (Å²) in [4.78, 5) is 26.0. The maximum absolute atomic E-state index is 12.2. The van der Waals surface area contributed by atoms with E-state index in [-0.39, 0.29) is 12.5 Å². The van der Waals surface area contributed by atoms with Crippen molar-refractivity contribution in [2.75, 3.05) is 11.9 Å². The normalized spacial score (nSPS) is 11.1. The molecule has 4 aromatic rings. The van der Waals surface area contributed by atoms with Gasteiger partial charge in [0.15, 0.2) is 0 Å². The van der Waals surface area contributed by atoms with Crippen molar-refractivity contribution in [3.8, 4) is 28.7 Å². The molecule has 1 N–H and O–H groups in total. The zero-order valence-electron chi connectivity index (χ0n) is 21.3. The van der Waals surface area contributed by atoms with Crippen molar-refractivity contribution in [1.29, 1.82) is 5.26 Å². The Balaban J connectivity index is 1.64. The van der Waals surface area contributed by atoms with Crippen LogP contribution in [0.2, 0.25) is 0 Å². The smallest absolute Gasteiger partial charge is 0.325 e. The number of aromatic nitrogens is 6. The number of ether oxygens (including phenoxy) is 1. The van der Waals surface area contributed by atoms with E-state index in [1.165, 1.54) is 0 Å². The van der Waals surface area contributed by atoms with E-state index >= 15 is 0 Å². The Morgan fingerprint density at radius 3 is 2.54 bits per heavy atom. The van der Waals surface area contributed by atoms with Crippen LogP contribution < -0.4 is 5.32 Å². The van der Waals surface area contributed by atoms with Gasteiger partial charge in [-0.1, -0.05) is 30.3 Å². The van der Waals surface area contributed by atoms with Crippen molar-refractivity contribution in [2.45, 2.75) is 46.3 Å². The van der Waals surface area contributed by atoms with Gasteiger partial charge in [0.1, 0.15) is 17.8 Å². The number of hydrogen-bond donors (Lipinski definition) is 1. The van der Waals surface area contributed by atoms with Gasteiger partial charge in [-0.2, -0.15) is 5.26 Å². The first-order valence-corrected chi connectivity index (χ1v) is 11.9. The average molecular weight is 497 g/mol. The van der Waals surface area contributed by atoms with Gasteiger partial charge in [0.05, 0.1) is 41.5 Å². The quantitative estimate of drug-likeness (QED) is 0.359. The minimum Gasteiger partial charge on any atom is -0.459 e. The molecular weight excluding hydrogens is 468 g/mol. The van der Waals surface area contributed by atoms with Gasteiger partial charge in [0.2, 0.25) is 5.95 Å². The number of hydrogen-bond acceptors (Lipinski definition) is 9. The van der Waals surface area contributed by atoms with Crippen LogP contribution in [-0.2, 0) is 22.5 Å². The van der Waals surface area contributed by atoms with E-state index in [2.05, 4.69) is 43.6 Å². The Morgan fingerprint density at radius 2 is 1.78 bits per heavy atom. The Bertz CT molecular complexity index is 1450. The number of nitriles is 1. The van der Waals surface area contributed by atoms with E-state index in [9.17, 15) is 10.1 Å². The summed E-state index contributed by atoms with van der Waals surface area (Å²) in [6, 6.07) is 16.9. The molecule has 1 aromatic carbocycles. The fraction of sp³-hybridized carbons (Fsp3) is 0.296. The molecule has 4 rings (SSSR count). The van der Waals surface area contributed by atoms with Gasteiger partial charge in [-0.25, -0.2) is 14.6 Å². The second-order valence-electron chi connectivity index (χ2n) is 9.37. The monoisotopic (exact) mass is 496 g/mol. The highest BCUT2D eigenvalue weighted by atomic mass is 16.6. The summed E-state index contributed by atoms with van der Waals surface area (Å²) >= 11 is 0. The number of aryl methyl sites for hydroxylation is 1. The molecule has 0 fully saturated rings. The van der Waals surface area contributed by atoms with E-state index < -0.39 is 11.6 Å². The predicted octanol–water partition coefficient (Wildman–Crippen LogP) is 4.03. The van der Waals surface area contributed by atoms with Crippen LogP contribution in [0.4, 0.5) is 5.95 Å². The van der Waals surface area contributed by atoms with Crippen LogP contribution in [0.15, 0.2) is 54.7 Å². The molecule has 0 aliphatic heterocycles. The van der Waals surface area contributed by atoms with Gasteiger partial charge in [-0.05, 0) is 57.5 Å². The number of nitrogens with zero attached hydrogens (tertiary/aromatic N) is 7. The third kappa shape index (κ3) is 6.95.